The second kappa shape index (κ2) is 7.75. The number of carboxylic acids is 1. The summed E-state index contributed by atoms with van der Waals surface area (Å²) in [6.07, 6.45) is 1.89. The lowest BCUT2D eigenvalue weighted by molar-refractivity contribution is -0.154. The normalized spacial score (nSPS) is 18.5. The molecule has 0 bridgehead atoms. The van der Waals surface area contributed by atoms with Crippen molar-refractivity contribution in [2.45, 2.75) is 32.2 Å². The summed E-state index contributed by atoms with van der Waals surface area (Å²) in [7, 11) is 0. The van der Waals surface area contributed by atoms with E-state index in [1.165, 1.54) is 0 Å². The fourth-order valence-electron chi connectivity index (χ4n) is 3.70. The number of nitrogens with zero attached hydrogens (tertiary/aromatic N) is 2. The SMILES string of the molecule is N#CCc1cccc2c1CCN(C(=O)NCC1(C(=O)O)CCOCC1)C2. The first-order chi connectivity index (χ1) is 12.6. The molecule has 1 saturated heterocycles. The van der Waals surface area contributed by atoms with Gasteiger partial charge in [-0.3, -0.25) is 4.79 Å². The second-order valence-electron chi connectivity index (χ2n) is 6.92. The molecule has 1 fully saturated rings. The number of rotatable bonds is 4. The van der Waals surface area contributed by atoms with Crippen LogP contribution in [0.15, 0.2) is 18.2 Å². The van der Waals surface area contributed by atoms with Gasteiger partial charge in [-0.2, -0.15) is 5.26 Å². The van der Waals surface area contributed by atoms with E-state index in [0.717, 1.165) is 16.7 Å². The molecule has 0 atom stereocenters. The molecule has 7 heteroatoms. The van der Waals surface area contributed by atoms with Gasteiger partial charge in [-0.1, -0.05) is 18.2 Å². The molecule has 2 aliphatic heterocycles. The van der Waals surface area contributed by atoms with E-state index in [2.05, 4.69) is 11.4 Å². The van der Waals surface area contributed by atoms with Gasteiger partial charge in [0.25, 0.3) is 0 Å². The number of benzene rings is 1. The zero-order valence-electron chi connectivity index (χ0n) is 14.7. The predicted molar refractivity (Wildman–Crippen MR) is 93.4 cm³/mol. The van der Waals surface area contributed by atoms with E-state index in [-0.39, 0.29) is 12.6 Å². The number of hydrogen-bond donors (Lipinski definition) is 2. The number of amides is 2. The zero-order valence-corrected chi connectivity index (χ0v) is 14.7. The Labute approximate surface area is 152 Å². The van der Waals surface area contributed by atoms with Gasteiger partial charge in [-0.15, -0.1) is 0 Å². The topological polar surface area (TPSA) is 103 Å². The van der Waals surface area contributed by atoms with E-state index < -0.39 is 11.4 Å². The van der Waals surface area contributed by atoms with E-state index in [9.17, 15) is 14.7 Å². The van der Waals surface area contributed by atoms with Gasteiger partial charge in [-0.25, -0.2) is 4.79 Å². The van der Waals surface area contributed by atoms with Gasteiger partial charge >= 0.3 is 12.0 Å². The maximum Gasteiger partial charge on any atom is 0.317 e. The number of carbonyl (C=O) groups is 2. The molecule has 0 spiro atoms. The Balaban J connectivity index is 1.64. The molecule has 0 aliphatic carbocycles. The molecule has 1 aromatic carbocycles. The molecular formula is C19H23N3O4. The van der Waals surface area contributed by atoms with E-state index in [1.807, 2.05) is 18.2 Å². The van der Waals surface area contributed by atoms with Crippen LogP contribution in [0.5, 0.6) is 0 Å². The van der Waals surface area contributed by atoms with Crippen LogP contribution in [0.4, 0.5) is 4.79 Å². The highest BCUT2D eigenvalue weighted by Crippen LogP contribution is 2.30. The highest BCUT2D eigenvalue weighted by Gasteiger charge is 2.40. The molecule has 7 nitrogen and oxygen atoms in total. The van der Waals surface area contributed by atoms with Gasteiger partial charge in [0.2, 0.25) is 0 Å². The minimum Gasteiger partial charge on any atom is -0.481 e. The van der Waals surface area contributed by atoms with Crippen LogP contribution in [-0.2, 0) is 28.9 Å². The molecule has 0 aromatic heterocycles. The number of ether oxygens (including phenoxy) is 1. The maximum atomic E-state index is 12.6. The van der Waals surface area contributed by atoms with Crippen molar-refractivity contribution in [3.63, 3.8) is 0 Å². The Hall–Kier alpha value is -2.59. The monoisotopic (exact) mass is 357 g/mol. The van der Waals surface area contributed by atoms with Crippen LogP contribution in [0.3, 0.4) is 0 Å². The summed E-state index contributed by atoms with van der Waals surface area (Å²) in [5.41, 5.74) is 2.29. The summed E-state index contributed by atoms with van der Waals surface area (Å²) in [6, 6.07) is 7.79. The molecule has 2 amide bonds. The van der Waals surface area contributed by atoms with Crippen molar-refractivity contribution in [3.05, 3.63) is 34.9 Å². The molecule has 138 valence electrons. The highest BCUT2D eigenvalue weighted by molar-refractivity contribution is 5.78. The summed E-state index contributed by atoms with van der Waals surface area (Å²) in [5.74, 6) is -0.883. The van der Waals surface area contributed by atoms with Gasteiger partial charge in [0.1, 0.15) is 0 Å². The number of fused-ring (bicyclic) bond motifs is 1. The molecule has 0 radical (unpaired) electrons. The third-order valence-electron chi connectivity index (χ3n) is 5.40. The fraction of sp³-hybridized carbons (Fsp3) is 0.526. The zero-order chi connectivity index (χ0) is 18.6. The van der Waals surface area contributed by atoms with E-state index in [1.54, 1.807) is 4.90 Å². The largest absolute Gasteiger partial charge is 0.481 e. The van der Waals surface area contributed by atoms with E-state index >= 15 is 0 Å². The lowest BCUT2D eigenvalue weighted by Crippen LogP contribution is -2.50. The van der Waals surface area contributed by atoms with Crippen LogP contribution in [0.25, 0.3) is 0 Å². The van der Waals surface area contributed by atoms with Crippen LogP contribution >= 0.6 is 0 Å². The molecule has 3 rings (SSSR count). The molecule has 26 heavy (non-hydrogen) atoms. The van der Waals surface area contributed by atoms with Crippen LogP contribution in [0, 0.1) is 16.7 Å². The standard InChI is InChI=1S/C19H23N3O4/c20-8-4-14-2-1-3-15-12-22(9-5-16(14)15)18(25)21-13-19(17(23)24)6-10-26-11-7-19/h1-3H,4-7,9-13H2,(H,21,25)(H,23,24). The van der Waals surface area contributed by atoms with Gasteiger partial charge in [0, 0.05) is 32.8 Å². The minimum atomic E-state index is -0.943. The first-order valence-electron chi connectivity index (χ1n) is 8.86. The molecule has 1 aromatic rings. The Morgan fingerprint density at radius 1 is 1.35 bits per heavy atom. The number of nitrogens with one attached hydrogen (secondary N) is 1. The van der Waals surface area contributed by atoms with Gasteiger partial charge in [-0.05, 0) is 36.0 Å². The van der Waals surface area contributed by atoms with Crippen molar-refractivity contribution >= 4 is 12.0 Å². The highest BCUT2D eigenvalue weighted by atomic mass is 16.5. The van der Waals surface area contributed by atoms with E-state index in [4.69, 9.17) is 10.00 Å². The van der Waals surface area contributed by atoms with Crippen molar-refractivity contribution in [3.8, 4) is 6.07 Å². The van der Waals surface area contributed by atoms with Crippen molar-refractivity contribution < 1.29 is 19.4 Å². The molecule has 2 aliphatic rings. The van der Waals surface area contributed by atoms with Gasteiger partial charge in [0.15, 0.2) is 0 Å². The molecule has 2 N–H and O–H groups in total. The average molecular weight is 357 g/mol. The Bertz CT molecular complexity index is 735. The van der Waals surface area contributed by atoms with Crippen molar-refractivity contribution in [1.29, 1.82) is 5.26 Å². The summed E-state index contributed by atoms with van der Waals surface area (Å²) < 4.78 is 5.26. The number of nitriles is 1. The molecule has 2 heterocycles. The fourth-order valence-corrected chi connectivity index (χ4v) is 3.70. The molecule has 0 unspecified atom stereocenters. The van der Waals surface area contributed by atoms with Crippen LogP contribution in [-0.4, -0.2) is 48.3 Å². The third kappa shape index (κ3) is 3.65. The number of urea groups is 1. The van der Waals surface area contributed by atoms with Crippen molar-refractivity contribution in [2.24, 2.45) is 5.41 Å². The van der Waals surface area contributed by atoms with Gasteiger partial charge < -0.3 is 20.1 Å². The lowest BCUT2D eigenvalue weighted by atomic mass is 9.80. The Morgan fingerprint density at radius 3 is 2.81 bits per heavy atom. The predicted octanol–water partition coefficient (Wildman–Crippen LogP) is 1.70. The van der Waals surface area contributed by atoms with Crippen molar-refractivity contribution in [1.82, 2.24) is 10.2 Å². The quantitative estimate of drug-likeness (QED) is 0.854. The summed E-state index contributed by atoms with van der Waals surface area (Å²) >= 11 is 0. The Morgan fingerprint density at radius 2 is 2.12 bits per heavy atom. The maximum absolute atomic E-state index is 12.6. The number of hydrogen-bond acceptors (Lipinski definition) is 4. The summed E-state index contributed by atoms with van der Waals surface area (Å²) in [6.45, 7) is 1.96. The minimum absolute atomic E-state index is 0.113. The smallest absolute Gasteiger partial charge is 0.317 e. The summed E-state index contributed by atoms with van der Waals surface area (Å²) in [5, 5.41) is 21.3. The van der Waals surface area contributed by atoms with Crippen molar-refractivity contribution in [2.75, 3.05) is 26.3 Å². The first-order valence-corrected chi connectivity index (χ1v) is 8.86. The molecular weight excluding hydrogens is 334 g/mol. The number of carbonyl (C=O) groups excluding carboxylic acids is 1. The van der Waals surface area contributed by atoms with Gasteiger partial charge in [0.05, 0.1) is 17.9 Å². The lowest BCUT2D eigenvalue weighted by Gasteiger charge is -2.35. The summed E-state index contributed by atoms with van der Waals surface area (Å²) in [4.78, 5) is 25.9. The third-order valence-corrected chi connectivity index (χ3v) is 5.40. The van der Waals surface area contributed by atoms with Crippen LogP contribution in [0.1, 0.15) is 29.5 Å². The molecule has 0 saturated carbocycles. The van der Waals surface area contributed by atoms with Crippen LogP contribution < -0.4 is 5.32 Å². The number of carboxylic acid groups (broad SMARTS) is 1. The second-order valence-corrected chi connectivity index (χ2v) is 6.92. The van der Waals surface area contributed by atoms with E-state index in [0.29, 0.717) is 52.0 Å². The average Bonchev–Trinajstić information content (AvgIpc) is 2.67. The number of aliphatic carboxylic acids is 1. The van der Waals surface area contributed by atoms with Crippen LogP contribution in [0.2, 0.25) is 0 Å². The Kier molecular flexibility index (Phi) is 5.43. The first kappa shape index (κ1) is 18.2.